The molecule has 0 radical (unpaired) electrons. The van der Waals surface area contributed by atoms with Gasteiger partial charge in [-0.2, -0.15) is 0 Å². The van der Waals surface area contributed by atoms with Crippen LogP contribution in [0.4, 0.5) is 0 Å². The van der Waals surface area contributed by atoms with Crippen LogP contribution in [0.3, 0.4) is 0 Å². The fraction of sp³-hybridized carbons (Fsp3) is 0.533. The Kier molecular flexibility index (Phi) is 6.52. The summed E-state index contributed by atoms with van der Waals surface area (Å²) in [6.45, 7) is 4.83. The van der Waals surface area contributed by atoms with E-state index >= 15 is 0 Å². The van der Waals surface area contributed by atoms with Crippen molar-refractivity contribution in [3.8, 4) is 0 Å². The zero-order valence-corrected chi connectivity index (χ0v) is 14.1. The molecule has 8 heteroatoms. The predicted octanol–water partition coefficient (Wildman–Crippen LogP) is -0.202. The number of hydrogen-bond acceptors (Lipinski definition) is 6. The largest absolute Gasteiger partial charge is 0.465 e. The summed E-state index contributed by atoms with van der Waals surface area (Å²) in [5.41, 5.74) is 0.906. The van der Waals surface area contributed by atoms with Gasteiger partial charge in [-0.3, -0.25) is 4.90 Å². The summed E-state index contributed by atoms with van der Waals surface area (Å²) >= 11 is 0. The molecule has 1 aromatic carbocycles. The Morgan fingerprint density at radius 1 is 1.35 bits per heavy atom. The number of rotatable bonds is 7. The van der Waals surface area contributed by atoms with Gasteiger partial charge in [-0.05, 0) is 17.7 Å². The lowest BCUT2D eigenvalue weighted by atomic mass is 10.1. The maximum atomic E-state index is 12.1. The standard InChI is InChI=1S/C15H23N3O4S/c1-22-15(19)14-4-2-3-13(11-14)12-23(20,21)17-7-10-18-8-5-16-6-9-18/h2-4,11,16-17H,5-10,12H2,1H3. The average Bonchev–Trinajstić information content (AvgIpc) is 2.54. The van der Waals surface area contributed by atoms with E-state index in [0.29, 0.717) is 24.2 Å². The first-order chi connectivity index (χ1) is 11.0. The van der Waals surface area contributed by atoms with Crippen LogP contribution in [-0.2, 0) is 20.5 Å². The third-order valence-corrected chi connectivity index (χ3v) is 5.02. The maximum Gasteiger partial charge on any atom is 0.337 e. The van der Waals surface area contributed by atoms with Crippen LogP contribution < -0.4 is 10.0 Å². The summed E-state index contributed by atoms with van der Waals surface area (Å²) in [6.07, 6.45) is 0. The summed E-state index contributed by atoms with van der Waals surface area (Å²) in [6, 6.07) is 6.47. The van der Waals surface area contributed by atoms with Crippen LogP contribution in [-0.4, -0.2) is 65.7 Å². The van der Waals surface area contributed by atoms with Gasteiger partial charge in [0.05, 0.1) is 18.4 Å². The minimum Gasteiger partial charge on any atom is -0.465 e. The fourth-order valence-corrected chi connectivity index (χ4v) is 3.59. The van der Waals surface area contributed by atoms with Crippen LogP contribution in [0.25, 0.3) is 0 Å². The number of methoxy groups -OCH3 is 1. The third kappa shape index (κ3) is 5.91. The third-order valence-electron chi connectivity index (χ3n) is 3.66. The first kappa shape index (κ1) is 17.9. The molecule has 2 rings (SSSR count). The minimum absolute atomic E-state index is 0.153. The lowest BCUT2D eigenvalue weighted by Crippen LogP contribution is -2.46. The van der Waals surface area contributed by atoms with Gasteiger partial charge in [0.25, 0.3) is 0 Å². The molecule has 23 heavy (non-hydrogen) atoms. The van der Waals surface area contributed by atoms with E-state index in [1.807, 2.05) is 0 Å². The number of sulfonamides is 1. The molecule has 1 aliphatic heterocycles. The van der Waals surface area contributed by atoms with Crippen LogP contribution >= 0.6 is 0 Å². The van der Waals surface area contributed by atoms with Crippen LogP contribution in [0.1, 0.15) is 15.9 Å². The van der Waals surface area contributed by atoms with Gasteiger partial charge in [0.2, 0.25) is 10.0 Å². The number of carbonyl (C=O) groups is 1. The van der Waals surface area contributed by atoms with E-state index in [2.05, 4.69) is 19.7 Å². The normalized spacial score (nSPS) is 16.2. The lowest BCUT2D eigenvalue weighted by molar-refractivity contribution is 0.0600. The van der Waals surface area contributed by atoms with Crippen molar-refractivity contribution in [3.05, 3.63) is 35.4 Å². The first-order valence-electron chi connectivity index (χ1n) is 7.58. The topological polar surface area (TPSA) is 87.7 Å². The molecule has 0 saturated carbocycles. The molecule has 1 fully saturated rings. The molecule has 2 N–H and O–H groups in total. The Morgan fingerprint density at radius 3 is 2.78 bits per heavy atom. The van der Waals surface area contributed by atoms with E-state index in [1.54, 1.807) is 24.3 Å². The molecule has 0 unspecified atom stereocenters. The van der Waals surface area contributed by atoms with E-state index in [9.17, 15) is 13.2 Å². The van der Waals surface area contributed by atoms with E-state index in [-0.39, 0.29) is 5.75 Å². The first-order valence-corrected chi connectivity index (χ1v) is 9.23. The van der Waals surface area contributed by atoms with Crippen LogP contribution in [0, 0.1) is 0 Å². The van der Waals surface area contributed by atoms with Crippen LogP contribution in [0.5, 0.6) is 0 Å². The molecule has 1 aliphatic rings. The molecule has 0 amide bonds. The van der Waals surface area contributed by atoms with Gasteiger partial charge in [0, 0.05) is 39.3 Å². The molecule has 0 bridgehead atoms. The number of benzene rings is 1. The quantitative estimate of drug-likeness (QED) is 0.668. The predicted molar refractivity (Wildman–Crippen MR) is 87.7 cm³/mol. The average molecular weight is 341 g/mol. The van der Waals surface area contributed by atoms with Gasteiger partial charge in [-0.25, -0.2) is 17.9 Å². The molecule has 1 saturated heterocycles. The Balaban J connectivity index is 1.86. The molecule has 0 aromatic heterocycles. The van der Waals surface area contributed by atoms with Gasteiger partial charge in [0.15, 0.2) is 0 Å². The highest BCUT2D eigenvalue weighted by Crippen LogP contribution is 2.09. The molecule has 1 aromatic rings. The zero-order valence-electron chi connectivity index (χ0n) is 13.2. The number of carbonyl (C=O) groups excluding carboxylic acids is 1. The van der Waals surface area contributed by atoms with E-state index in [4.69, 9.17) is 0 Å². The van der Waals surface area contributed by atoms with Crippen molar-refractivity contribution >= 4 is 16.0 Å². The highest BCUT2D eigenvalue weighted by atomic mass is 32.2. The van der Waals surface area contributed by atoms with Crippen LogP contribution in [0.2, 0.25) is 0 Å². The number of nitrogens with one attached hydrogen (secondary N) is 2. The number of esters is 1. The maximum absolute atomic E-state index is 12.1. The molecule has 1 heterocycles. The summed E-state index contributed by atoms with van der Waals surface area (Å²) < 4.78 is 31.5. The summed E-state index contributed by atoms with van der Waals surface area (Å²) in [4.78, 5) is 13.7. The summed E-state index contributed by atoms with van der Waals surface area (Å²) in [7, 11) is -2.13. The Labute approximate surface area is 137 Å². The molecule has 0 aliphatic carbocycles. The highest BCUT2D eigenvalue weighted by molar-refractivity contribution is 7.88. The van der Waals surface area contributed by atoms with Gasteiger partial charge < -0.3 is 10.1 Å². The van der Waals surface area contributed by atoms with Crippen LogP contribution in [0.15, 0.2) is 24.3 Å². The Bertz CT molecular complexity index is 627. The van der Waals surface area contributed by atoms with Crippen molar-refractivity contribution in [2.24, 2.45) is 0 Å². The van der Waals surface area contributed by atoms with Gasteiger partial charge >= 0.3 is 5.97 Å². The van der Waals surface area contributed by atoms with E-state index < -0.39 is 16.0 Å². The molecule has 7 nitrogen and oxygen atoms in total. The highest BCUT2D eigenvalue weighted by Gasteiger charge is 2.15. The molecular weight excluding hydrogens is 318 g/mol. The van der Waals surface area contributed by atoms with Crippen molar-refractivity contribution < 1.29 is 17.9 Å². The second kappa shape index (κ2) is 8.39. The number of nitrogens with zero attached hydrogens (tertiary/aromatic N) is 1. The molecule has 128 valence electrons. The molecule has 0 atom stereocenters. The smallest absolute Gasteiger partial charge is 0.337 e. The Morgan fingerprint density at radius 2 is 2.09 bits per heavy atom. The monoisotopic (exact) mass is 341 g/mol. The lowest BCUT2D eigenvalue weighted by Gasteiger charge is -2.27. The van der Waals surface area contributed by atoms with Gasteiger partial charge in [-0.1, -0.05) is 12.1 Å². The fourth-order valence-electron chi connectivity index (χ4n) is 2.47. The summed E-state index contributed by atoms with van der Waals surface area (Å²) in [5.74, 6) is -0.629. The second-order valence-electron chi connectivity index (χ2n) is 5.44. The van der Waals surface area contributed by atoms with E-state index in [0.717, 1.165) is 26.2 Å². The van der Waals surface area contributed by atoms with Crippen molar-refractivity contribution in [1.82, 2.24) is 14.9 Å². The SMILES string of the molecule is COC(=O)c1cccc(CS(=O)(=O)NCCN2CCNCC2)c1. The van der Waals surface area contributed by atoms with Crippen molar-refractivity contribution in [3.63, 3.8) is 0 Å². The van der Waals surface area contributed by atoms with Gasteiger partial charge in [0.1, 0.15) is 0 Å². The zero-order chi connectivity index (χ0) is 16.7. The minimum atomic E-state index is -3.43. The number of ether oxygens (including phenoxy) is 1. The Hall–Kier alpha value is -1.48. The number of hydrogen-bond donors (Lipinski definition) is 2. The van der Waals surface area contributed by atoms with Gasteiger partial charge in [-0.15, -0.1) is 0 Å². The van der Waals surface area contributed by atoms with Crippen molar-refractivity contribution in [2.45, 2.75) is 5.75 Å². The van der Waals surface area contributed by atoms with E-state index in [1.165, 1.54) is 7.11 Å². The molecular formula is C15H23N3O4S. The molecule has 0 spiro atoms. The van der Waals surface area contributed by atoms with Crippen molar-refractivity contribution in [2.75, 3.05) is 46.4 Å². The summed E-state index contributed by atoms with van der Waals surface area (Å²) in [5, 5.41) is 3.26. The second-order valence-corrected chi connectivity index (χ2v) is 7.24. The van der Waals surface area contributed by atoms with Crippen molar-refractivity contribution in [1.29, 1.82) is 0 Å². The number of piperazine rings is 1.